The molecule has 5 nitrogen and oxygen atoms in total. The average molecular weight is 421 g/mol. The number of ether oxygens (including phenoxy) is 2. The maximum Gasteiger partial charge on any atom is 0.309 e. The summed E-state index contributed by atoms with van der Waals surface area (Å²) < 4.78 is 10.5. The molecule has 5 heteroatoms. The van der Waals surface area contributed by atoms with Crippen molar-refractivity contribution in [2.24, 2.45) is 35.5 Å². The molecular formula is C25H40O5. The maximum atomic E-state index is 12.3. The van der Waals surface area contributed by atoms with Crippen LogP contribution in [0.2, 0.25) is 0 Å². The van der Waals surface area contributed by atoms with Crippen molar-refractivity contribution in [1.82, 2.24) is 0 Å². The summed E-state index contributed by atoms with van der Waals surface area (Å²) in [4.78, 5) is 36.6. The highest BCUT2D eigenvalue weighted by Gasteiger charge is 2.40. The Kier molecular flexibility index (Phi) is 8.76. The number of carbonyl (C=O) groups excluding carboxylic acids is 3. The SMILES string of the molecule is CC.O=C(COC(=O)C1CC2CCCCC2C1)COC(=O)C1CC2CCCCC2C1. The number of fused-ring (bicyclic) bond motifs is 2. The Balaban J connectivity index is 0.00000124. The molecule has 30 heavy (non-hydrogen) atoms. The molecule has 0 aromatic heterocycles. The third kappa shape index (κ3) is 5.85. The van der Waals surface area contributed by atoms with E-state index < -0.39 is 0 Å². The Morgan fingerprint density at radius 2 is 0.900 bits per heavy atom. The van der Waals surface area contributed by atoms with E-state index in [0.717, 1.165) is 25.7 Å². The summed E-state index contributed by atoms with van der Waals surface area (Å²) in [6.07, 6.45) is 13.7. The second-order valence-corrected chi connectivity index (χ2v) is 9.70. The van der Waals surface area contributed by atoms with Gasteiger partial charge in [0.2, 0.25) is 5.78 Å². The van der Waals surface area contributed by atoms with E-state index in [1.807, 2.05) is 13.8 Å². The van der Waals surface area contributed by atoms with Crippen LogP contribution in [-0.4, -0.2) is 30.9 Å². The molecule has 4 atom stereocenters. The normalized spacial score (nSPS) is 34.7. The summed E-state index contributed by atoms with van der Waals surface area (Å²) in [5.41, 5.74) is 0. The molecule has 0 bridgehead atoms. The van der Waals surface area contributed by atoms with Gasteiger partial charge in [0.05, 0.1) is 11.8 Å². The zero-order valence-corrected chi connectivity index (χ0v) is 18.9. The van der Waals surface area contributed by atoms with Crippen molar-refractivity contribution in [2.45, 2.75) is 90.9 Å². The van der Waals surface area contributed by atoms with E-state index in [1.165, 1.54) is 51.4 Å². The zero-order valence-electron chi connectivity index (χ0n) is 18.9. The van der Waals surface area contributed by atoms with Gasteiger partial charge in [0.15, 0.2) is 13.2 Å². The van der Waals surface area contributed by atoms with Gasteiger partial charge in [-0.25, -0.2) is 0 Å². The topological polar surface area (TPSA) is 69.7 Å². The van der Waals surface area contributed by atoms with Crippen molar-refractivity contribution in [3.8, 4) is 0 Å². The molecule has 4 rings (SSSR count). The molecule has 0 aliphatic heterocycles. The van der Waals surface area contributed by atoms with E-state index >= 15 is 0 Å². The third-order valence-corrected chi connectivity index (χ3v) is 7.90. The minimum atomic E-state index is -0.326. The number of ketones is 1. The van der Waals surface area contributed by atoms with Gasteiger partial charge in [-0.05, 0) is 49.4 Å². The van der Waals surface area contributed by atoms with E-state index in [9.17, 15) is 14.4 Å². The van der Waals surface area contributed by atoms with Crippen molar-refractivity contribution in [3.05, 3.63) is 0 Å². The van der Waals surface area contributed by atoms with Crippen molar-refractivity contribution < 1.29 is 23.9 Å². The van der Waals surface area contributed by atoms with Crippen LogP contribution in [0.15, 0.2) is 0 Å². The lowest BCUT2D eigenvalue weighted by molar-refractivity contribution is -0.157. The summed E-state index contributed by atoms with van der Waals surface area (Å²) in [6, 6.07) is 0. The highest BCUT2D eigenvalue weighted by atomic mass is 16.6. The second kappa shape index (κ2) is 11.3. The van der Waals surface area contributed by atoms with Crippen molar-refractivity contribution in [3.63, 3.8) is 0 Å². The predicted octanol–water partition coefficient (Wildman–Crippen LogP) is 5.10. The molecular weight excluding hydrogens is 380 g/mol. The Bertz CT molecular complexity index is 522. The first-order chi connectivity index (χ1) is 14.6. The Hall–Kier alpha value is -1.39. The zero-order chi connectivity index (χ0) is 21.5. The van der Waals surface area contributed by atoms with Crippen LogP contribution in [0.5, 0.6) is 0 Å². The van der Waals surface area contributed by atoms with Crippen LogP contribution in [-0.2, 0) is 23.9 Å². The average Bonchev–Trinajstić information content (AvgIpc) is 3.41. The molecule has 4 saturated carbocycles. The molecule has 170 valence electrons. The highest BCUT2D eigenvalue weighted by Crippen LogP contribution is 2.46. The van der Waals surface area contributed by atoms with Gasteiger partial charge < -0.3 is 9.47 Å². The third-order valence-electron chi connectivity index (χ3n) is 7.90. The van der Waals surface area contributed by atoms with Crippen molar-refractivity contribution in [2.75, 3.05) is 13.2 Å². The largest absolute Gasteiger partial charge is 0.457 e. The van der Waals surface area contributed by atoms with Gasteiger partial charge in [0.25, 0.3) is 0 Å². The van der Waals surface area contributed by atoms with E-state index in [4.69, 9.17) is 9.47 Å². The predicted molar refractivity (Wildman–Crippen MR) is 115 cm³/mol. The Labute approximate surface area is 181 Å². The van der Waals surface area contributed by atoms with Crippen LogP contribution in [0.3, 0.4) is 0 Å². The van der Waals surface area contributed by atoms with Crippen LogP contribution in [0.4, 0.5) is 0 Å². The van der Waals surface area contributed by atoms with E-state index in [2.05, 4.69) is 0 Å². The van der Waals surface area contributed by atoms with Gasteiger partial charge in [0, 0.05) is 0 Å². The minimum Gasteiger partial charge on any atom is -0.457 e. The molecule has 0 amide bonds. The first kappa shape index (κ1) is 23.3. The van der Waals surface area contributed by atoms with Gasteiger partial charge in [-0.1, -0.05) is 65.2 Å². The fraction of sp³-hybridized carbons (Fsp3) is 0.880. The fourth-order valence-corrected chi connectivity index (χ4v) is 6.43. The number of rotatable bonds is 6. The summed E-state index contributed by atoms with van der Waals surface area (Å²) in [7, 11) is 0. The maximum absolute atomic E-state index is 12.3. The van der Waals surface area contributed by atoms with Gasteiger partial charge in [-0.15, -0.1) is 0 Å². The van der Waals surface area contributed by atoms with Gasteiger partial charge in [-0.3, -0.25) is 14.4 Å². The molecule has 4 unspecified atom stereocenters. The fourth-order valence-electron chi connectivity index (χ4n) is 6.43. The van der Waals surface area contributed by atoms with Gasteiger partial charge in [0.1, 0.15) is 0 Å². The van der Waals surface area contributed by atoms with E-state index in [0.29, 0.717) is 23.7 Å². The molecule has 0 radical (unpaired) electrons. The monoisotopic (exact) mass is 420 g/mol. The summed E-state index contributed by atoms with van der Waals surface area (Å²) in [5, 5.41) is 0. The lowest BCUT2D eigenvalue weighted by Crippen LogP contribution is -2.25. The van der Waals surface area contributed by atoms with Crippen LogP contribution in [0.1, 0.15) is 90.9 Å². The molecule has 0 N–H and O–H groups in total. The van der Waals surface area contributed by atoms with Crippen LogP contribution in [0, 0.1) is 35.5 Å². The summed E-state index contributed by atoms with van der Waals surface area (Å²) in [5.74, 6) is 1.75. The Morgan fingerprint density at radius 1 is 0.600 bits per heavy atom. The molecule has 4 fully saturated rings. The minimum absolute atomic E-state index is 0.0507. The van der Waals surface area contributed by atoms with E-state index in [-0.39, 0.29) is 42.8 Å². The lowest BCUT2D eigenvalue weighted by Gasteiger charge is -2.24. The summed E-state index contributed by atoms with van der Waals surface area (Å²) in [6.45, 7) is 3.46. The Morgan fingerprint density at radius 3 is 1.20 bits per heavy atom. The van der Waals surface area contributed by atoms with E-state index in [1.54, 1.807) is 0 Å². The summed E-state index contributed by atoms with van der Waals surface area (Å²) >= 11 is 0. The quantitative estimate of drug-likeness (QED) is 0.559. The second-order valence-electron chi connectivity index (χ2n) is 9.70. The molecule has 0 aromatic rings. The first-order valence-electron chi connectivity index (χ1n) is 12.4. The number of hydrogen-bond acceptors (Lipinski definition) is 5. The number of esters is 2. The standard InChI is InChI=1S/C23H34O5.C2H6/c24-21(13-27-22(25)19-9-15-5-1-2-6-16(15)10-19)14-28-23(26)20-11-17-7-3-4-8-18(17)12-20;1-2/h15-20H,1-14H2;1-2H3. The van der Waals surface area contributed by atoms with Crippen LogP contribution < -0.4 is 0 Å². The van der Waals surface area contributed by atoms with Crippen molar-refractivity contribution >= 4 is 17.7 Å². The van der Waals surface area contributed by atoms with Crippen LogP contribution in [0.25, 0.3) is 0 Å². The molecule has 0 spiro atoms. The number of hydrogen-bond donors (Lipinski definition) is 0. The molecule has 4 aliphatic carbocycles. The number of Topliss-reactive ketones (excluding diaryl/α,β-unsaturated/α-hetero) is 1. The molecule has 0 heterocycles. The van der Waals surface area contributed by atoms with Gasteiger partial charge >= 0.3 is 11.9 Å². The molecule has 0 aromatic carbocycles. The first-order valence-corrected chi connectivity index (χ1v) is 12.4. The van der Waals surface area contributed by atoms with Crippen LogP contribution >= 0.6 is 0 Å². The van der Waals surface area contributed by atoms with Gasteiger partial charge in [-0.2, -0.15) is 0 Å². The number of carbonyl (C=O) groups is 3. The molecule has 0 saturated heterocycles. The highest BCUT2D eigenvalue weighted by molar-refractivity contribution is 5.86. The molecule has 4 aliphatic rings. The lowest BCUT2D eigenvalue weighted by atomic mass is 9.82. The smallest absolute Gasteiger partial charge is 0.309 e. The van der Waals surface area contributed by atoms with Crippen molar-refractivity contribution in [1.29, 1.82) is 0 Å².